The number of unbranched alkanes of at least 4 members (excludes halogenated alkanes) is 1. The van der Waals surface area contributed by atoms with E-state index in [2.05, 4.69) is 27.8 Å². The van der Waals surface area contributed by atoms with Crippen LogP contribution in [0.2, 0.25) is 5.02 Å². The Bertz CT molecular complexity index is 703. The van der Waals surface area contributed by atoms with Crippen LogP contribution in [0.3, 0.4) is 0 Å². The maximum Gasteiger partial charge on any atom is 0.251 e. The number of rotatable bonds is 9. The molecule has 2 amide bonds. The van der Waals surface area contributed by atoms with Crippen molar-refractivity contribution in [3.8, 4) is 0 Å². The van der Waals surface area contributed by atoms with E-state index in [0.717, 1.165) is 24.3 Å². The Labute approximate surface area is 156 Å². The summed E-state index contributed by atoms with van der Waals surface area (Å²) >= 11 is 7.20. The molecule has 2 aromatic rings. The molecule has 0 aliphatic carbocycles. The molecule has 1 heterocycles. The van der Waals surface area contributed by atoms with Crippen LogP contribution < -0.4 is 10.6 Å². The lowest BCUT2D eigenvalue weighted by Crippen LogP contribution is -2.25. The van der Waals surface area contributed by atoms with E-state index in [0.29, 0.717) is 35.1 Å². The van der Waals surface area contributed by atoms with Gasteiger partial charge in [0.2, 0.25) is 11.0 Å². The summed E-state index contributed by atoms with van der Waals surface area (Å²) < 4.78 is 0. The van der Waals surface area contributed by atoms with Gasteiger partial charge < -0.3 is 10.6 Å². The van der Waals surface area contributed by atoms with Gasteiger partial charge in [-0.05, 0) is 37.1 Å². The smallest absolute Gasteiger partial charge is 0.251 e. The molecule has 2 N–H and O–H groups in total. The van der Waals surface area contributed by atoms with E-state index < -0.39 is 0 Å². The highest BCUT2D eigenvalue weighted by molar-refractivity contribution is 7.15. The van der Waals surface area contributed by atoms with Crippen molar-refractivity contribution < 1.29 is 9.59 Å². The third-order valence-electron chi connectivity index (χ3n) is 3.43. The third-order valence-corrected chi connectivity index (χ3v) is 4.58. The first-order chi connectivity index (χ1) is 12.1. The molecule has 0 aliphatic heterocycles. The lowest BCUT2D eigenvalue weighted by Gasteiger charge is -2.05. The van der Waals surface area contributed by atoms with Crippen LogP contribution in [0, 0.1) is 0 Å². The summed E-state index contributed by atoms with van der Waals surface area (Å²) in [5.74, 6) is -0.305. The van der Waals surface area contributed by atoms with Crippen LogP contribution >= 0.6 is 22.9 Å². The van der Waals surface area contributed by atoms with E-state index >= 15 is 0 Å². The number of nitrogens with one attached hydrogen (secondary N) is 2. The van der Waals surface area contributed by atoms with Crippen LogP contribution in [-0.4, -0.2) is 28.6 Å². The van der Waals surface area contributed by atoms with Gasteiger partial charge in [-0.15, -0.1) is 10.2 Å². The van der Waals surface area contributed by atoms with Crippen LogP contribution in [-0.2, 0) is 11.2 Å². The molecule has 6 nitrogen and oxygen atoms in total. The maximum atomic E-state index is 11.9. The Morgan fingerprint density at radius 2 is 1.92 bits per heavy atom. The molecule has 0 atom stereocenters. The van der Waals surface area contributed by atoms with Crippen molar-refractivity contribution in [2.45, 2.75) is 39.0 Å². The molecule has 0 fully saturated rings. The van der Waals surface area contributed by atoms with E-state index in [4.69, 9.17) is 11.6 Å². The fraction of sp³-hybridized carbons (Fsp3) is 0.412. The largest absolute Gasteiger partial charge is 0.352 e. The van der Waals surface area contributed by atoms with E-state index in [1.165, 1.54) is 11.3 Å². The Kier molecular flexibility index (Phi) is 7.81. The lowest BCUT2D eigenvalue weighted by atomic mass is 10.2. The molecular formula is C17H21ClN4O2S. The monoisotopic (exact) mass is 380 g/mol. The fourth-order valence-electron chi connectivity index (χ4n) is 2.07. The summed E-state index contributed by atoms with van der Waals surface area (Å²) in [4.78, 5) is 23.8. The van der Waals surface area contributed by atoms with E-state index in [1.54, 1.807) is 24.3 Å². The van der Waals surface area contributed by atoms with E-state index in [9.17, 15) is 9.59 Å². The molecule has 134 valence electrons. The molecular weight excluding hydrogens is 360 g/mol. The third kappa shape index (κ3) is 6.80. The number of carbonyl (C=O) groups is 2. The standard InChI is InChI=1S/C17H21ClN4O2S/c1-2-3-6-15-21-22-17(25-15)20-14(23)5-4-11-19-16(24)12-7-9-13(18)10-8-12/h7-10H,2-6,11H2,1H3,(H,19,24)(H,20,22,23). The SMILES string of the molecule is CCCCc1nnc(NC(=O)CCCNC(=O)c2ccc(Cl)cc2)s1. The van der Waals surface area contributed by atoms with Gasteiger partial charge in [0.05, 0.1) is 0 Å². The van der Waals surface area contributed by atoms with Gasteiger partial charge in [-0.2, -0.15) is 0 Å². The minimum atomic E-state index is -0.179. The molecule has 2 rings (SSSR count). The zero-order valence-corrected chi connectivity index (χ0v) is 15.6. The van der Waals surface area contributed by atoms with Crippen molar-refractivity contribution in [3.63, 3.8) is 0 Å². The van der Waals surface area contributed by atoms with Crippen LogP contribution in [0.4, 0.5) is 5.13 Å². The molecule has 0 saturated heterocycles. The number of aromatic nitrogens is 2. The molecule has 0 bridgehead atoms. The van der Waals surface area contributed by atoms with E-state index in [-0.39, 0.29) is 11.8 Å². The molecule has 0 unspecified atom stereocenters. The molecule has 0 saturated carbocycles. The molecule has 8 heteroatoms. The van der Waals surface area contributed by atoms with Gasteiger partial charge in [0.1, 0.15) is 5.01 Å². The second-order valence-electron chi connectivity index (χ2n) is 5.52. The first kappa shape index (κ1) is 19.3. The van der Waals surface area contributed by atoms with Gasteiger partial charge in [-0.3, -0.25) is 9.59 Å². The van der Waals surface area contributed by atoms with Gasteiger partial charge in [0.25, 0.3) is 5.91 Å². The topological polar surface area (TPSA) is 84.0 Å². The second-order valence-corrected chi connectivity index (χ2v) is 7.02. The van der Waals surface area contributed by atoms with Crippen LogP contribution in [0.25, 0.3) is 0 Å². The number of nitrogens with zero attached hydrogens (tertiary/aromatic N) is 2. The highest BCUT2D eigenvalue weighted by atomic mass is 35.5. The van der Waals surface area contributed by atoms with Gasteiger partial charge in [0.15, 0.2) is 0 Å². The van der Waals surface area contributed by atoms with Gasteiger partial charge in [0, 0.05) is 30.0 Å². The van der Waals surface area contributed by atoms with Gasteiger partial charge in [-0.1, -0.05) is 36.3 Å². The van der Waals surface area contributed by atoms with Crippen molar-refractivity contribution in [1.29, 1.82) is 0 Å². The number of carbonyl (C=O) groups excluding carboxylic acids is 2. The summed E-state index contributed by atoms with van der Waals surface area (Å²) in [6.45, 7) is 2.54. The number of hydrogen-bond donors (Lipinski definition) is 2. The minimum Gasteiger partial charge on any atom is -0.352 e. The average Bonchev–Trinajstić information content (AvgIpc) is 3.04. The van der Waals surface area contributed by atoms with Gasteiger partial charge in [-0.25, -0.2) is 0 Å². The molecule has 0 aliphatic rings. The molecule has 25 heavy (non-hydrogen) atoms. The average molecular weight is 381 g/mol. The lowest BCUT2D eigenvalue weighted by molar-refractivity contribution is -0.116. The number of amides is 2. The Morgan fingerprint density at radius 3 is 2.64 bits per heavy atom. The number of halogens is 1. The zero-order valence-electron chi connectivity index (χ0n) is 14.0. The predicted molar refractivity (Wildman–Crippen MR) is 100 cm³/mol. The molecule has 1 aromatic carbocycles. The molecule has 1 aromatic heterocycles. The van der Waals surface area contributed by atoms with Crippen molar-refractivity contribution in [1.82, 2.24) is 15.5 Å². The number of aryl methyl sites for hydroxylation is 1. The number of hydrogen-bond acceptors (Lipinski definition) is 5. The zero-order chi connectivity index (χ0) is 18.1. The van der Waals surface area contributed by atoms with Crippen molar-refractivity contribution in [3.05, 3.63) is 39.9 Å². The van der Waals surface area contributed by atoms with Crippen molar-refractivity contribution >= 4 is 39.9 Å². The Balaban J connectivity index is 1.65. The number of anilines is 1. The summed E-state index contributed by atoms with van der Waals surface area (Å²) in [6.07, 6.45) is 3.91. The van der Waals surface area contributed by atoms with Crippen LogP contribution in [0.1, 0.15) is 48.0 Å². The van der Waals surface area contributed by atoms with Crippen molar-refractivity contribution in [2.75, 3.05) is 11.9 Å². The highest BCUT2D eigenvalue weighted by Gasteiger charge is 2.09. The normalized spacial score (nSPS) is 10.5. The summed E-state index contributed by atoms with van der Waals surface area (Å²) in [6, 6.07) is 6.66. The van der Waals surface area contributed by atoms with Crippen LogP contribution in [0.5, 0.6) is 0 Å². The van der Waals surface area contributed by atoms with Gasteiger partial charge >= 0.3 is 0 Å². The quantitative estimate of drug-likeness (QED) is 0.650. The Morgan fingerprint density at radius 1 is 1.16 bits per heavy atom. The fourth-order valence-corrected chi connectivity index (χ4v) is 2.99. The second kappa shape index (κ2) is 10.1. The molecule has 0 spiro atoms. The van der Waals surface area contributed by atoms with Crippen molar-refractivity contribution in [2.24, 2.45) is 0 Å². The summed E-state index contributed by atoms with van der Waals surface area (Å²) in [5.41, 5.74) is 0.544. The van der Waals surface area contributed by atoms with Crippen LogP contribution in [0.15, 0.2) is 24.3 Å². The highest BCUT2D eigenvalue weighted by Crippen LogP contribution is 2.17. The van der Waals surface area contributed by atoms with E-state index in [1.807, 2.05) is 0 Å². The summed E-state index contributed by atoms with van der Waals surface area (Å²) in [7, 11) is 0. The number of benzene rings is 1. The molecule has 0 radical (unpaired) electrons. The minimum absolute atomic E-state index is 0.126. The first-order valence-corrected chi connectivity index (χ1v) is 9.44. The summed E-state index contributed by atoms with van der Waals surface area (Å²) in [5, 5.41) is 15.6. The maximum absolute atomic E-state index is 11.9. The Hall–Kier alpha value is -1.99. The predicted octanol–water partition coefficient (Wildman–Crippen LogP) is 3.68. The first-order valence-electron chi connectivity index (χ1n) is 8.24.